The summed E-state index contributed by atoms with van der Waals surface area (Å²) in [5.41, 5.74) is 0.725. The molecule has 0 saturated carbocycles. The number of aromatic hydroxyl groups is 1. The fourth-order valence-electron chi connectivity index (χ4n) is 4.20. The van der Waals surface area contributed by atoms with Crippen molar-refractivity contribution in [3.63, 3.8) is 0 Å². The van der Waals surface area contributed by atoms with Crippen LogP contribution in [0.15, 0.2) is 36.5 Å². The van der Waals surface area contributed by atoms with Gasteiger partial charge in [0.15, 0.2) is 0 Å². The molecule has 8 nitrogen and oxygen atoms in total. The Labute approximate surface area is 174 Å². The number of aromatic nitrogens is 1. The minimum absolute atomic E-state index is 0.109. The number of methoxy groups -OCH3 is 2. The van der Waals surface area contributed by atoms with Crippen LogP contribution < -0.4 is 5.32 Å². The first kappa shape index (κ1) is 21.7. The number of ether oxygens (including phenoxy) is 2. The second-order valence-electron chi connectivity index (χ2n) is 7.48. The van der Waals surface area contributed by atoms with Crippen molar-refractivity contribution in [2.75, 3.05) is 14.2 Å². The second-order valence-corrected chi connectivity index (χ2v) is 7.48. The molecule has 0 radical (unpaired) electrons. The van der Waals surface area contributed by atoms with Crippen LogP contribution in [0.3, 0.4) is 0 Å². The van der Waals surface area contributed by atoms with Crippen molar-refractivity contribution in [2.24, 2.45) is 5.92 Å². The van der Waals surface area contributed by atoms with E-state index in [2.05, 4.69) is 10.3 Å². The van der Waals surface area contributed by atoms with Gasteiger partial charge in [-0.2, -0.15) is 0 Å². The standard InChI is InChI=1S/C22H26N2O6/c1-13-19(26)17(15(12-25)11-23-13)18-16(20(27)29-2)10-22(24-18,21(28)30-3)9-14-7-5-4-6-8-14/h4-8,11,16,18,24-26H,9-10,12H2,1-3H3/t16-,18+,22-/m1/s1. The molecular weight excluding hydrogens is 388 g/mol. The first-order valence-corrected chi connectivity index (χ1v) is 9.63. The van der Waals surface area contributed by atoms with Crippen molar-refractivity contribution >= 4 is 11.9 Å². The highest BCUT2D eigenvalue weighted by Gasteiger charge is 2.54. The number of esters is 2. The molecule has 1 aliphatic rings. The Morgan fingerprint density at radius 2 is 1.93 bits per heavy atom. The van der Waals surface area contributed by atoms with E-state index in [1.54, 1.807) is 6.92 Å². The number of benzene rings is 1. The number of hydrogen-bond donors (Lipinski definition) is 3. The Bertz CT molecular complexity index is 933. The largest absolute Gasteiger partial charge is 0.506 e. The molecule has 0 unspecified atom stereocenters. The maximum atomic E-state index is 12.9. The first-order chi connectivity index (χ1) is 14.4. The van der Waals surface area contributed by atoms with Gasteiger partial charge in [-0.25, -0.2) is 0 Å². The average Bonchev–Trinajstić information content (AvgIpc) is 3.15. The summed E-state index contributed by atoms with van der Waals surface area (Å²) >= 11 is 0. The zero-order valence-electron chi connectivity index (χ0n) is 17.2. The Hall–Kier alpha value is -2.97. The second kappa shape index (κ2) is 8.81. The Morgan fingerprint density at radius 3 is 2.53 bits per heavy atom. The predicted molar refractivity (Wildman–Crippen MR) is 107 cm³/mol. The van der Waals surface area contributed by atoms with Crippen molar-refractivity contribution in [3.05, 3.63) is 58.9 Å². The zero-order valence-corrected chi connectivity index (χ0v) is 17.2. The molecule has 0 amide bonds. The van der Waals surface area contributed by atoms with Crippen molar-refractivity contribution in [1.29, 1.82) is 0 Å². The van der Waals surface area contributed by atoms with E-state index in [0.717, 1.165) is 5.56 Å². The van der Waals surface area contributed by atoms with Gasteiger partial charge in [0.2, 0.25) is 0 Å². The number of hydrogen-bond acceptors (Lipinski definition) is 8. The lowest BCUT2D eigenvalue weighted by atomic mass is 9.84. The van der Waals surface area contributed by atoms with Crippen LogP contribution in [0.5, 0.6) is 5.75 Å². The molecule has 1 aromatic carbocycles. The van der Waals surface area contributed by atoms with Crippen LogP contribution in [0.2, 0.25) is 0 Å². The van der Waals surface area contributed by atoms with E-state index in [4.69, 9.17) is 9.47 Å². The lowest BCUT2D eigenvalue weighted by Gasteiger charge is -2.28. The van der Waals surface area contributed by atoms with Crippen LogP contribution in [0.1, 0.15) is 34.8 Å². The number of carbonyl (C=O) groups is 2. The molecule has 3 rings (SSSR count). The molecule has 2 heterocycles. The summed E-state index contributed by atoms with van der Waals surface area (Å²) < 4.78 is 10.1. The average molecular weight is 414 g/mol. The van der Waals surface area contributed by atoms with Gasteiger partial charge in [-0.1, -0.05) is 30.3 Å². The molecule has 8 heteroatoms. The van der Waals surface area contributed by atoms with E-state index in [0.29, 0.717) is 16.8 Å². The summed E-state index contributed by atoms with van der Waals surface area (Å²) in [6.45, 7) is 1.24. The van der Waals surface area contributed by atoms with Gasteiger partial charge in [0.25, 0.3) is 0 Å². The first-order valence-electron chi connectivity index (χ1n) is 9.63. The maximum Gasteiger partial charge on any atom is 0.326 e. The predicted octanol–water partition coefficient (Wildman–Crippen LogP) is 1.57. The van der Waals surface area contributed by atoms with Crippen LogP contribution in [-0.4, -0.2) is 46.9 Å². The van der Waals surface area contributed by atoms with E-state index in [1.807, 2.05) is 30.3 Å². The molecule has 3 atom stereocenters. The summed E-state index contributed by atoms with van der Waals surface area (Å²) in [6, 6.07) is 8.62. The topological polar surface area (TPSA) is 118 Å². The highest BCUT2D eigenvalue weighted by molar-refractivity contribution is 5.85. The summed E-state index contributed by atoms with van der Waals surface area (Å²) in [6.07, 6.45) is 1.84. The van der Waals surface area contributed by atoms with E-state index in [-0.39, 0.29) is 25.2 Å². The third kappa shape index (κ3) is 3.88. The van der Waals surface area contributed by atoms with Crippen LogP contribution >= 0.6 is 0 Å². The molecule has 1 fully saturated rings. The highest BCUT2D eigenvalue weighted by Crippen LogP contribution is 2.45. The summed E-state index contributed by atoms with van der Waals surface area (Å²) in [5, 5.41) is 23.8. The fraction of sp³-hybridized carbons (Fsp3) is 0.409. The Morgan fingerprint density at radius 1 is 1.23 bits per heavy atom. The molecule has 1 saturated heterocycles. The molecule has 160 valence electrons. The van der Waals surface area contributed by atoms with Gasteiger partial charge in [0, 0.05) is 23.7 Å². The van der Waals surface area contributed by atoms with Gasteiger partial charge in [-0.05, 0) is 18.9 Å². The van der Waals surface area contributed by atoms with Gasteiger partial charge in [-0.15, -0.1) is 0 Å². The van der Waals surface area contributed by atoms with Gasteiger partial charge in [-0.3, -0.25) is 19.9 Å². The smallest absolute Gasteiger partial charge is 0.326 e. The SMILES string of the molecule is COC(=O)[C@@H]1C[C@](Cc2ccccc2)(C(=O)OC)N[C@@H]1c1c(CO)cnc(C)c1O. The molecule has 2 aromatic rings. The number of aliphatic hydroxyl groups is 1. The van der Waals surface area contributed by atoms with Gasteiger partial charge >= 0.3 is 11.9 Å². The monoisotopic (exact) mass is 414 g/mol. The van der Waals surface area contributed by atoms with Crippen molar-refractivity contribution in [3.8, 4) is 5.75 Å². The normalized spacial score (nSPS) is 23.2. The molecular formula is C22H26N2O6. The molecule has 0 bridgehead atoms. The number of nitrogens with one attached hydrogen (secondary N) is 1. The van der Waals surface area contributed by atoms with Gasteiger partial charge in [0.1, 0.15) is 11.3 Å². The number of rotatable bonds is 6. The molecule has 30 heavy (non-hydrogen) atoms. The Balaban J connectivity index is 2.13. The quantitative estimate of drug-likeness (QED) is 0.610. The molecule has 0 spiro atoms. The molecule has 1 aliphatic heterocycles. The minimum Gasteiger partial charge on any atom is -0.506 e. The van der Waals surface area contributed by atoms with Crippen LogP contribution in [0.25, 0.3) is 0 Å². The van der Waals surface area contributed by atoms with Crippen LogP contribution in [-0.2, 0) is 32.1 Å². The summed E-state index contributed by atoms with van der Waals surface area (Å²) in [4.78, 5) is 29.7. The van der Waals surface area contributed by atoms with Crippen LogP contribution in [0.4, 0.5) is 0 Å². The van der Waals surface area contributed by atoms with Crippen LogP contribution in [0, 0.1) is 12.8 Å². The third-order valence-corrected chi connectivity index (χ3v) is 5.67. The van der Waals surface area contributed by atoms with Crippen molar-refractivity contribution in [2.45, 2.75) is 38.0 Å². The molecule has 0 aliphatic carbocycles. The number of aryl methyl sites for hydroxylation is 1. The molecule has 3 N–H and O–H groups in total. The van der Waals surface area contributed by atoms with Gasteiger partial charge < -0.3 is 19.7 Å². The lowest BCUT2D eigenvalue weighted by molar-refractivity contribution is -0.148. The van der Waals surface area contributed by atoms with E-state index < -0.39 is 29.4 Å². The lowest BCUT2D eigenvalue weighted by Crippen LogP contribution is -2.50. The number of carbonyl (C=O) groups excluding carboxylic acids is 2. The molecule has 1 aromatic heterocycles. The fourth-order valence-corrected chi connectivity index (χ4v) is 4.20. The third-order valence-electron chi connectivity index (χ3n) is 5.67. The summed E-state index contributed by atoms with van der Waals surface area (Å²) in [5.74, 6) is -1.95. The van der Waals surface area contributed by atoms with E-state index in [9.17, 15) is 19.8 Å². The number of nitrogens with zero attached hydrogens (tertiary/aromatic N) is 1. The zero-order chi connectivity index (χ0) is 21.9. The minimum atomic E-state index is -1.21. The highest BCUT2D eigenvalue weighted by atomic mass is 16.5. The van der Waals surface area contributed by atoms with Crippen molar-refractivity contribution < 1.29 is 29.3 Å². The summed E-state index contributed by atoms with van der Waals surface area (Å²) in [7, 11) is 2.57. The number of pyridine rings is 1. The maximum absolute atomic E-state index is 12.9. The van der Waals surface area contributed by atoms with E-state index in [1.165, 1.54) is 20.4 Å². The Kier molecular flexibility index (Phi) is 6.38. The number of aliphatic hydroxyl groups excluding tert-OH is 1. The van der Waals surface area contributed by atoms with Gasteiger partial charge in [0.05, 0.1) is 38.5 Å². The van der Waals surface area contributed by atoms with Crippen molar-refractivity contribution in [1.82, 2.24) is 10.3 Å². The van der Waals surface area contributed by atoms with E-state index >= 15 is 0 Å².